The number of anilines is 1. The molecule has 0 spiro atoms. The van der Waals surface area contributed by atoms with Crippen molar-refractivity contribution < 1.29 is 22.7 Å². The molecular weight excluding hydrogens is 406 g/mol. The van der Waals surface area contributed by atoms with Crippen molar-refractivity contribution in [2.75, 3.05) is 32.1 Å². The van der Waals surface area contributed by atoms with Gasteiger partial charge < -0.3 is 14.8 Å². The Labute approximate surface area is 167 Å². The summed E-state index contributed by atoms with van der Waals surface area (Å²) in [6.45, 7) is 0.328. The van der Waals surface area contributed by atoms with Gasteiger partial charge in [-0.15, -0.1) is 0 Å². The van der Waals surface area contributed by atoms with Crippen LogP contribution in [0.1, 0.15) is 5.56 Å². The molecule has 1 aliphatic rings. The molecule has 0 saturated heterocycles. The van der Waals surface area contributed by atoms with Crippen LogP contribution < -0.4 is 14.8 Å². The van der Waals surface area contributed by atoms with Crippen molar-refractivity contribution in [2.45, 2.75) is 4.90 Å². The molecule has 2 aromatic rings. The summed E-state index contributed by atoms with van der Waals surface area (Å²) in [7, 11) is -2.61. The van der Waals surface area contributed by atoms with Crippen molar-refractivity contribution in [3.05, 3.63) is 47.0 Å². The van der Waals surface area contributed by atoms with Crippen molar-refractivity contribution in [2.24, 2.45) is 0 Å². The van der Waals surface area contributed by atoms with Gasteiger partial charge in [0.15, 0.2) is 11.5 Å². The largest absolute Gasteiger partial charge is 0.486 e. The molecule has 0 aromatic heterocycles. The Morgan fingerprint density at radius 1 is 1.21 bits per heavy atom. The van der Waals surface area contributed by atoms with E-state index in [-0.39, 0.29) is 15.5 Å². The molecule has 0 radical (unpaired) electrons. The van der Waals surface area contributed by atoms with Gasteiger partial charge in [0.05, 0.1) is 22.0 Å². The predicted octanol–water partition coefficient (Wildman–Crippen LogP) is 2.24. The number of nitriles is 1. The SMILES string of the molecule is CN(CC(=O)Nc1ccc(C#N)c(Cl)c1)S(=O)(=O)c1ccc2c(c1)OCCO2. The number of likely N-dealkylation sites (N-methyl/N-ethyl adjacent to an activating group) is 1. The Bertz CT molecular complexity index is 1070. The maximum Gasteiger partial charge on any atom is 0.243 e. The van der Waals surface area contributed by atoms with E-state index < -0.39 is 22.5 Å². The number of hydrogen-bond acceptors (Lipinski definition) is 6. The molecule has 1 N–H and O–H groups in total. The number of nitrogens with one attached hydrogen (secondary N) is 1. The summed E-state index contributed by atoms with van der Waals surface area (Å²) in [6, 6.07) is 10.6. The van der Waals surface area contributed by atoms with E-state index in [1.54, 1.807) is 0 Å². The fraction of sp³-hybridized carbons (Fsp3) is 0.222. The Kier molecular flexibility index (Phi) is 5.74. The van der Waals surface area contributed by atoms with Gasteiger partial charge in [-0.3, -0.25) is 4.79 Å². The number of benzene rings is 2. The van der Waals surface area contributed by atoms with E-state index in [1.165, 1.54) is 43.4 Å². The average Bonchev–Trinajstić information content (AvgIpc) is 2.67. The molecule has 0 aliphatic carbocycles. The Balaban J connectivity index is 1.71. The lowest BCUT2D eigenvalue weighted by Gasteiger charge is -2.21. The molecule has 28 heavy (non-hydrogen) atoms. The van der Waals surface area contributed by atoms with Crippen LogP contribution in [-0.2, 0) is 14.8 Å². The second kappa shape index (κ2) is 8.06. The molecule has 0 fully saturated rings. The van der Waals surface area contributed by atoms with Crippen molar-refractivity contribution in [1.29, 1.82) is 5.26 Å². The minimum absolute atomic E-state index is 0.00605. The second-order valence-electron chi connectivity index (χ2n) is 5.92. The van der Waals surface area contributed by atoms with E-state index in [0.717, 1.165) is 4.31 Å². The molecule has 0 atom stereocenters. The van der Waals surface area contributed by atoms with E-state index in [9.17, 15) is 13.2 Å². The summed E-state index contributed by atoms with van der Waals surface area (Å²) in [4.78, 5) is 12.2. The normalized spacial score (nSPS) is 13.1. The summed E-state index contributed by atoms with van der Waals surface area (Å²) >= 11 is 5.93. The molecule has 10 heteroatoms. The molecule has 8 nitrogen and oxygen atoms in total. The molecule has 1 amide bonds. The van der Waals surface area contributed by atoms with Gasteiger partial charge in [-0.2, -0.15) is 9.57 Å². The van der Waals surface area contributed by atoms with E-state index in [0.29, 0.717) is 30.4 Å². The number of ether oxygens (including phenoxy) is 2. The first-order valence-electron chi connectivity index (χ1n) is 8.17. The first-order chi connectivity index (χ1) is 13.3. The molecule has 0 bridgehead atoms. The van der Waals surface area contributed by atoms with Crippen LogP contribution in [0.3, 0.4) is 0 Å². The number of rotatable bonds is 5. The fourth-order valence-corrected chi connectivity index (χ4v) is 3.90. The number of amides is 1. The Hall–Kier alpha value is -2.80. The Morgan fingerprint density at radius 2 is 1.93 bits per heavy atom. The molecule has 3 rings (SSSR count). The first-order valence-corrected chi connectivity index (χ1v) is 9.98. The standard InChI is InChI=1S/C18H16ClN3O5S/c1-22(11-18(23)21-13-3-2-12(10-20)15(19)8-13)28(24,25)14-4-5-16-17(9-14)27-7-6-26-16/h2-5,8-9H,6-7,11H2,1H3,(H,21,23). The summed E-state index contributed by atoms with van der Waals surface area (Å²) in [6.07, 6.45) is 0. The second-order valence-corrected chi connectivity index (χ2v) is 8.37. The van der Waals surface area contributed by atoms with Gasteiger partial charge in [0.2, 0.25) is 15.9 Å². The van der Waals surface area contributed by atoms with Crippen LogP contribution in [0, 0.1) is 11.3 Å². The monoisotopic (exact) mass is 421 g/mol. The van der Waals surface area contributed by atoms with Crippen LogP contribution in [-0.4, -0.2) is 45.4 Å². The van der Waals surface area contributed by atoms with Crippen molar-refractivity contribution in [1.82, 2.24) is 4.31 Å². The van der Waals surface area contributed by atoms with E-state index >= 15 is 0 Å². The van der Waals surface area contributed by atoms with Crippen LogP contribution in [0.4, 0.5) is 5.69 Å². The highest BCUT2D eigenvalue weighted by Crippen LogP contribution is 2.33. The van der Waals surface area contributed by atoms with Crippen molar-refractivity contribution >= 4 is 33.2 Å². The number of nitrogens with zero attached hydrogens (tertiary/aromatic N) is 2. The number of carbonyl (C=O) groups excluding carboxylic acids is 1. The zero-order chi connectivity index (χ0) is 20.3. The third-order valence-corrected chi connectivity index (χ3v) is 6.07. The van der Waals surface area contributed by atoms with E-state index in [4.69, 9.17) is 26.3 Å². The smallest absolute Gasteiger partial charge is 0.243 e. The fourth-order valence-electron chi connectivity index (χ4n) is 2.54. The minimum atomic E-state index is -3.91. The van der Waals surface area contributed by atoms with Crippen molar-refractivity contribution in [3.8, 4) is 17.6 Å². The first kappa shape index (κ1) is 19.9. The molecule has 1 aliphatic heterocycles. The molecule has 146 valence electrons. The minimum Gasteiger partial charge on any atom is -0.486 e. The van der Waals surface area contributed by atoms with Crippen LogP contribution >= 0.6 is 11.6 Å². The maximum absolute atomic E-state index is 12.7. The zero-order valence-corrected chi connectivity index (χ0v) is 16.4. The highest BCUT2D eigenvalue weighted by molar-refractivity contribution is 7.89. The molecule has 1 heterocycles. The highest BCUT2D eigenvalue weighted by atomic mass is 35.5. The maximum atomic E-state index is 12.7. The van der Waals surface area contributed by atoms with Gasteiger partial charge in [-0.05, 0) is 30.3 Å². The zero-order valence-electron chi connectivity index (χ0n) is 14.8. The summed E-state index contributed by atoms with van der Waals surface area (Å²) in [5.41, 5.74) is 0.636. The van der Waals surface area contributed by atoms with Crippen LogP contribution in [0.25, 0.3) is 0 Å². The van der Waals surface area contributed by atoms with Gasteiger partial charge >= 0.3 is 0 Å². The predicted molar refractivity (Wildman–Crippen MR) is 102 cm³/mol. The number of hydrogen-bond donors (Lipinski definition) is 1. The number of fused-ring (bicyclic) bond motifs is 1. The lowest BCUT2D eigenvalue weighted by atomic mass is 10.2. The molecule has 0 saturated carbocycles. The molecular formula is C18H16ClN3O5S. The molecule has 0 unspecified atom stereocenters. The van der Waals surface area contributed by atoms with E-state index in [2.05, 4.69) is 5.32 Å². The van der Waals surface area contributed by atoms with Gasteiger partial charge in [-0.1, -0.05) is 11.6 Å². The van der Waals surface area contributed by atoms with Gasteiger partial charge in [0, 0.05) is 18.8 Å². The summed E-state index contributed by atoms with van der Waals surface area (Å²) in [5, 5.41) is 11.6. The van der Waals surface area contributed by atoms with Gasteiger partial charge in [0.25, 0.3) is 0 Å². The van der Waals surface area contributed by atoms with E-state index in [1.807, 2.05) is 6.07 Å². The summed E-state index contributed by atoms with van der Waals surface area (Å²) < 4.78 is 37.2. The Morgan fingerprint density at radius 3 is 2.61 bits per heavy atom. The quantitative estimate of drug-likeness (QED) is 0.793. The van der Waals surface area contributed by atoms with Crippen LogP contribution in [0.15, 0.2) is 41.3 Å². The topological polar surface area (TPSA) is 109 Å². The van der Waals surface area contributed by atoms with Crippen LogP contribution in [0.2, 0.25) is 5.02 Å². The third kappa shape index (κ3) is 4.20. The van der Waals surface area contributed by atoms with Gasteiger partial charge in [0.1, 0.15) is 19.3 Å². The lowest BCUT2D eigenvalue weighted by Crippen LogP contribution is -2.35. The van der Waals surface area contributed by atoms with Crippen molar-refractivity contribution in [3.63, 3.8) is 0 Å². The lowest BCUT2D eigenvalue weighted by molar-refractivity contribution is -0.116. The number of sulfonamides is 1. The molecule has 2 aromatic carbocycles. The number of carbonyl (C=O) groups is 1. The average molecular weight is 422 g/mol. The third-order valence-electron chi connectivity index (χ3n) is 3.96. The van der Waals surface area contributed by atoms with Crippen LogP contribution in [0.5, 0.6) is 11.5 Å². The highest BCUT2D eigenvalue weighted by Gasteiger charge is 2.25. The van der Waals surface area contributed by atoms with Gasteiger partial charge in [-0.25, -0.2) is 8.42 Å². The summed E-state index contributed by atoms with van der Waals surface area (Å²) in [5.74, 6) is 0.269. The number of halogens is 1.